The van der Waals surface area contributed by atoms with Gasteiger partial charge in [-0.15, -0.1) is 12.4 Å². The highest BCUT2D eigenvalue weighted by atomic mass is 35.5. The number of amides is 1. The van der Waals surface area contributed by atoms with Crippen molar-refractivity contribution in [2.24, 2.45) is 0 Å². The summed E-state index contributed by atoms with van der Waals surface area (Å²) in [7, 11) is 0. The molecule has 1 amide bonds. The van der Waals surface area contributed by atoms with E-state index in [2.05, 4.69) is 25.8 Å². The molecule has 1 aliphatic rings. The third-order valence-corrected chi connectivity index (χ3v) is 4.22. The summed E-state index contributed by atoms with van der Waals surface area (Å²) in [6.07, 6.45) is 0.864. The van der Waals surface area contributed by atoms with E-state index in [1.807, 2.05) is 35.8 Å². The summed E-state index contributed by atoms with van der Waals surface area (Å²) in [5, 5.41) is 13.3. The first-order valence-corrected chi connectivity index (χ1v) is 7.81. The van der Waals surface area contributed by atoms with Gasteiger partial charge in [-0.25, -0.2) is 4.98 Å². The van der Waals surface area contributed by atoms with Crippen LogP contribution in [-0.4, -0.2) is 32.2 Å². The normalized spacial score (nSPS) is 13.4. The van der Waals surface area contributed by atoms with Gasteiger partial charge in [-0.2, -0.15) is 5.10 Å². The number of benzene rings is 1. The van der Waals surface area contributed by atoms with Crippen LogP contribution in [-0.2, 0) is 19.5 Å². The number of anilines is 1. The van der Waals surface area contributed by atoms with E-state index in [0.717, 1.165) is 41.8 Å². The molecule has 1 aliphatic heterocycles. The molecule has 0 saturated heterocycles. The first kappa shape index (κ1) is 16.5. The van der Waals surface area contributed by atoms with Crippen LogP contribution in [0.5, 0.6) is 0 Å². The Kier molecular flexibility index (Phi) is 4.55. The van der Waals surface area contributed by atoms with Crippen molar-refractivity contribution in [2.75, 3.05) is 11.9 Å². The van der Waals surface area contributed by atoms with Crippen molar-refractivity contribution in [3.63, 3.8) is 0 Å². The monoisotopic (exact) mass is 346 g/mol. The second-order valence-electron chi connectivity index (χ2n) is 5.58. The first-order chi connectivity index (χ1) is 11.3. The molecule has 0 atom stereocenters. The molecule has 1 aromatic carbocycles. The molecule has 0 spiro atoms. The van der Waals surface area contributed by atoms with Crippen LogP contribution in [0.3, 0.4) is 0 Å². The number of nitrogens with one attached hydrogen (secondary N) is 3. The zero-order chi connectivity index (χ0) is 15.8. The zero-order valence-electron chi connectivity index (χ0n) is 13.3. The molecule has 0 fully saturated rings. The van der Waals surface area contributed by atoms with E-state index in [4.69, 9.17) is 0 Å². The molecule has 3 aromatic rings. The quantitative estimate of drug-likeness (QED) is 0.677. The zero-order valence-corrected chi connectivity index (χ0v) is 14.1. The third-order valence-electron chi connectivity index (χ3n) is 4.22. The highest BCUT2D eigenvalue weighted by Gasteiger charge is 2.23. The van der Waals surface area contributed by atoms with Crippen molar-refractivity contribution in [3.05, 3.63) is 41.2 Å². The third kappa shape index (κ3) is 2.65. The molecule has 126 valence electrons. The van der Waals surface area contributed by atoms with Gasteiger partial charge in [-0.05, 0) is 19.1 Å². The molecule has 0 bridgehead atoms. The Bertz CT molecular complexity index is 884. The number of aryl methyl sites for hydroxylation is 1. The lowest BCUT2D eigenvalue weighted by atomic mass is 10.1. The van der Waals surface area contributed by atoms with Gasteiger partial charge in [0, 0.05) is 37.3 Å². The molecule has 0 saturated carbocycles. The molecule has 4 rings (SSSR count). The fourth-order valence-electron chi connectivity index (χ4n) is 3.06. The molecular formula is C16H19ClN6O. The number of aromatic nitrogens is 4. The summed E-state index contributed by atoms with van der Waals surface area (Å²) in [4.78, 5) is 17.1. The number of halogens is 1. The van der Waals surface area contributed by atoms with Crippen molar-refractivity contribution in [2.45, 2.75) is 26.4 Å². The lowest BCUT2D eigenvalue weighted by Gasteiger charge is -2.13. The maximum atomic E-state index is 12.6. The molecule has 0 radical (unpaired) electrons. The van der Waals surface area contributed by atoms with Crippen LogP contribution < -0.4 is 10.6 Å². The minimum atomic E-state index is -0.226. The van der Waals surface area contributed by atoms with Crippen LogP contribution in [0.1, 0.15) is 28.7 Å². The Balaban J connectivity index is 0.00000169. The summed E-state index contributed by atoms with van der Waals surface area (Å²) in [6, 6.07) is 7.85. The number of carbonyl (C=O) groups excluding carboxylic acids is 1. The number of hydrogen-bond acceptors (Lipinski definition) is 4. The summed E-state index contributed by atoms with van der Waals surface area (Å²) in [5.74, 6) is 0.329. The lowest BCUT2D eigenvalue weighted by molar-refractivity contribution is 0.102. The molecule has 0 aliphatic carbocycles. The van der Waals surface area contributed by atoms with Gasteiger partial charge in [-0.3, -0.25) is 15.2 Å². The van der Waals surface area contributed by atoms with E-state index < -0.39 is 0 Å². The van der Waals surface area contributed by atoms with Crippen LogP contribution in [0.25, 0.3) is 11.0 Å². The van der Waals surface area contributed by atoms with Gasteiger partial charge < -0.3 is 9.88 Å². The average Bonchev–Trinajstić information content (AvgIpc) is 3.15. The fraction of sp³-hybridized carbons (Fsp3) is 0.312. The van der Waals surface area contributed by atoms with E-state index in [-0.39, 0.29) is 18.3 Å². The van der Waals surface area contributed by atoms with Gasteiger partial charge in [0.05, 0.1) is 11.0 Å². The second kappa shape index (κ2) is 6.62. The number of hydrogen-bond donors (Lipinski definition) is 3. The highest BCUT2D eigenvalue weighted by molar-refractivity contribution is 6.04. The second-order valence-corrected chi connectivity index (χ2v) is 5.58. The highest BCUT2D eigenvalue weighted by Crippen LogP contribution is 2.21. The van der Waals surface area contributed by atoms with Crippen molar-refractivity contribution in [1.82, 2.24) is 25.1 Å². The van der Waals surface area contributed by atoms with Crippen molar-refractivity contribution >= 4 is 35.3 Å². The molecule has 7 nitrogen and oxygen atoms in total. The summed E-state index contributed by atoms with van der Waals surface area (Å²) in [6.45, 7) is 4.33. The van der Waals surface area contributed by atoms with Crippen LogP contribution >= 0.6 is 12.4 Å². The summed E-state index contributed by atoms with van der Waals surface area (Å²) in [5.41, 5.74) is 4.32. The van der Waals surface area contributed by atoms with Gasteiger partial charge in [0.15, 0.2) is 5.69 Å². The van der Waals surface area contributed by atoms with Crippen molar-refractivity contribution < 1.29 is 4.79 Å². The average molecular weight is 347 g/mol. The minimum Gasteiger partial charge on any atom is -0.312 e. The molecule has 3 heterocycles. The Morgan fingerprint density at radius 1 is 1.38 bits per heavy atom. The Morgan fingerprint density at radius 2 is 2.21 bits per heavy atom. The van der Waals surface area contributed by atoms with Crippen LogP contribution in [0, 0.1) is 0 Å². The fourth-order valence-corrected chi connectivity index (χ4v) is 3.06. The molecule has 2 aromatic heterocycles. The summed E-state index contributed by atoms with van der Waals surface area (Å²) < 4.78 is 1.99. The van der Waals surface area contributed by atoms with Gasteiger partial charge in [-0.1, -0.05) is 12.1 Å². The van der Waals surface area contributed by atoms with Gasteiger partial charge in [0.25, 0.3) is 5.91 Å². The lowest BCUT2D eigenvalue weighted by Crippen LogP contribution is -2.25. The predicted molar refractivity (Wildman–Crippen MR) is 94.6 cm³/mol. The number of aromatic amines is 1. The van der Waals surface area contributed by atoms with Gasteiger partial charge in [0.1, 0.15) is 0 Å². The predicted octanol–water partition coefficient (Wildman–Crippen LogP) is 2.10. The largest absolute Gasteiger partial charge is 0.312 e. The molecular weight excluding hydrogens is 328 g/mol. The first-order valence-electron chi connectivity index (χ1n) is 7.81. The number of imidazole rings is 1. The van der Waals surface area contributed by atoms with E-state index in [0.29, 0.717) is 18.2 Å². The molecule has 3 N–H and O–H groups in total. The smallest absolute Gasteiger partial charge is 0.278 e. The Hall–Kier alpha value is -2.38. The number of nitrogens with zero attached hydrogens (tertiary/aromatic N) is 3. The van der Waals surface area contributed by atoms with Gasteiger partial charge >= 0.3 is 0 Å². The molecule has 0 unspecified atom stereocenters. The topological polar surface area (TPSA) is 87.6 Å². The number of fused-ring (bicyclic) bond motifs is 2. The minimum absolute atomic E-state index is 0. The number of para-hydroxylation sites is 2. The maximum absolute atomic E-state index is 12.6. The maximum Gasteiger partial charge on any atom is 0.278 e. The molecule has 24 heavy (non-hydrogen) atoms. The van der Waals surface area contributed by atoms with E-state index in [1.54, 1.807) is 0 Å². The number of H-pyrrole nitrogens is 1. The van der Waals surface area contributed by atoms with Crippen LogP contribution in [0.15, 0.2) is 24.3 Å². The van der Waals surface area contributed by atoms with Crippen molar-refractivity contribution in [3.8, 4) is 0 Å². The molecule has 8 heteroatoms. The van der Waals surface area contributed by atoms with Crippen LogP contribution in [0.2, 0.25) is 0 Å². The number of rotatable bonds is 3. The van der Waals surface area contributed by atoms with E-state index in [1.165, 1.54) is 0 Å². The van der Waals surface area contributed by atoms with E-state index >= 15 is 0 Å². The van der Waals surface area contributed by atoms with Crippen molar-refractivity contribution in [1.29, 1.82) is 0 Å². The van der Waals surface area contributed by atoms with E-state index in [9.17, 15) is 4.79 Å². The van der Waals surface area contributed by atoms with Crippen LogP contribution in [0.4, 0.5) is 5.95 Å². The summed E-state index contributed by atoms with van der Waals surface area (Å²) >= 11 is 0. The Morgan fingerprint density at radius 3 is 3.04 bits per heavy atom. The SMILES string of the molecule is CCn1c(NC(=O)c2n[nH]c3c2CNCC3)nc2ccccc21.Cl. The number of carbonyl (C=O) groups is 1. The standard InChI is InChI=1S/C16H18N6O.ClH/c1-2-22-13-6-4-3-5-12(13)18-16(22)19-15(23)14-10-9-17-8-7-11(10)20-21-14;/h3-6,17H,2,7-9H2,1H3,(H,20,21)(H,18,19,23);1H. The van der Waals surface area contributed by atoms with Gasteiger partial charge in [0.2, 0.25) is 5.95 Å². The Labute approximate surface area is 145 Å².